The van der Waals surface area contributed by atoms with Crippen molar-refractivity contribution >= 4 is 17.9 Å². The van der Waals surface area contributed by atoms with Gasteiger partial charge < -0.3 is 14.2 Å². The Hall–Kier alpha value is -4.97. The molecule has 0 N–H and O–H groups in total. The molecule has 0 amide bonds. The van der Waals surface area contributed by atoms with Crippen LogP contribution in [-0.2, 0) is 28.6 Å². The van der Waals surface area contributed by atoms with Crippen LogP contribution in [0.15, 0.2) is 158 Å². The van der Waals surface area contributed by atoms with E-state index in [9.17, 15) is 14.4 Å². The van der Waals surface area contributed by atoms with Gasteiger partial charge in [-0.1, -0.05) is 237 Å². The van der Waals surface area contributed by atoms with Crippen molar-refractivity contribution in [2.75, 3.05) is 13.2 Å². The molecule has 0 aliphatic carbocycles. The molecule has 6 nitrogen and oxygen atoms in total. The highest BCUT2D eigenvalue weighted by molar-refractivity contribution is 5.71. The first kappa shape index (κ1) is 71.0. The Morgan fingerprint density at radius 2 is 0.513 bits per heavy atom. The van der Waals surface area contributed by atoms with E-state index in [0.29, 0.717) is 19.3 Å². The van der Waals surface area contributed by atoms with Gasteiger partial charge in [0.15, 0.2) is 6.10 Å². The summed E-state index contributed by atoms with van der Waals surface area (Å²) in [6, 6.07) is 0. The van der Waals surface area contributed by atoms with Crippen molar-refractivity contribution in [3.63, 3.8) is 0 Å². The van der Waals surface area contributed by atoms with Gasteiger partial charge in [-0.3, -0.25) is 14.4 Å². The minimum atomic E-state index is -0.822. The molecule has 0 aliphatic rings. The summed E-state index contributed by atoms with van der Waals surface area (Å²) < 4.78 is 16.8. The first-order valence-electron chi connectivity index (χ1n) is 30.5. The van der Waals surface area contributed by atoms with Crippen LogP contribution in [0.5, 0.6) is 0 Å². The van der Waals surface area contributed by atoms with Gasteiger partial charge in [-0.25, -0.2) is 0 Å². The number of carbonyl (C=O) groups is 3. The zero-order chi connectivity index (χ0) is 55.0. The van der Waals surface area contributed by atoms with Crippen LogP contribution in [0.3, 0.4) is 0 Å². The first-order valence-corrected chi connectivity index (χ1v) is 30.5. The first-order chi connectivity index (χ1) is 37.5. The van der Waals surface area contributed by atoms with Crippen LogP contribution in [0, 0.1) is 0 Å². The lowest BCUT2D eigenvalue weighted by Crippen LogP contribution is -2.30. The van der Waals surface area contributed by atoms with E-state index in [2.05, 4.69) is 179 Å². The number of esters is 3. The van der Waals surface area contributed by atoms with Crippen LogP contribution >= 0.6 is 0 Å². The second kappa shape index (κ2) is 62.6. The van der Waals surface area contributed by atoms with Gasteiger partial charge in [-0.2, -0.15) is 0 Å². The lowest BCUT2D eigenvalue weighted by molar-refractivity contribution is -0.167. The Bertz CT molecular complexity index is 1720. The number of allylic oxidation sites excluding steroid dienone is 26. The molecule has 0 rings (SSSR count). The van der Waals surface area contributed by atoms with E-state index in [0.717, 1.165) is 167 Å². The van der Waals surface area contributed by atoms with Gasteiger partial charge in [-0.05, 0) is 148 Å². The SMILES string of the molecule is CC/C=C\C/C=C\C/C=C\C/C=C\C/C=C\C/C=C\CCCCCCC(=O)OCC(COC(=O)CCCCCCC/C=C\C/C=C\CCCCCC)OC(=O)CCCCC/C=C\C/C=C\C/C=C\C/C=C\C/C=C\CC. The Morgan fingerprint density at radius 1 is 0.276 bits per heavy atom. The molecular formula is C70H110O6. The molecule has 0 spiro atoms. The fraction of sp³-hybridized carbons (Fsp3) is 0.586. The molecule has 0 saturated heterocycles. The summed E-state index contributed by atoms with van der Waals surface area (Å²) in [5.74, 6) is -0.990. The molecule has 0 fully saturated rings. The second-order valence-corrected chi connectivity index (χ2v) is 19.5. The van der Waals surface area contributed by atoms with Crippen LogP contribution in [0.2, 0.25) is 0 Å². The second-order valence-electron chi connectivity index (χ2n) is 19.5. The van der Waals surface area contributed by atoms with Crippen molar-refractivity contribution in [2.24, 2.45) is 0 Å². The molecular weight excluding hydrogens is 937 g/mol. The lowest BCUT2D eigenvalue weighted by atomic mass is 10.1. The van der Waals surface area contributed by atoms with Gasteiger partial charge in [0.05, 0.1) is 0 Å². The molecule has 0 radical (unpaired) electrons. The van der Waals surface area contributed by atoms with Crippen LogP contribution in [0.1, 0.15) is 245 Å². The van der Waals surface area contributed by atoms with Crippen molar-refractivity contribution < 1.29 is 28.6 Å². The van der Waals surface area contributed by atoms with Gasteiger partial charge in [0.2, 0.25) is 0 Å². The van der Waals surface area contributed by atoms with E-state index in [1.807, 2.05) is 0 Å². The average molecular weight is 1050 g/mol. The van der Waals surface area contributed by atoms with Gasteiger partial charge in [0.25, 0.3) is 0 Å². The van der Waals surface area contributed by atoms with E-state index in [-0.39, 0.29) is 37.5 Å². The topological polar surface area (TPSA) is 78.9 Å². The fourth-order valence-electron chi connectivity index (χ4n) is 7.74. The number of hydrogen-bond acceptors (Lipinski definition) is 6. The normalized spacial score (nSPS) is 13.2. The maximum atomic E-state index is 12.9. The average Bonchev–Trinajstić information content (AvgIpc) is 3.42. The van der Waals surface area contributed by atoms with Crippen molar-refractivity contribution in [3.8, 4) is 0 Å². The standard InChI is InChI=1S/C70H110O6/c1-4-7-10-13-16-19-22-25-28-31-33-34-35-36-38-39-42-45-48-51-54-57-60-63-69(72)75-66-67(65-74-68(71)62-59-56-53-50-47-44-41-30-27-24-21-18-15-12-9-6-3)76-70(73)64-61-58-55-52-49-46-43-40-37-32-29-26-23-20-17-14-11-8-5-2/h7-8,10-11,16-17,19-21,24-26,28-30,33-34,36-38,40-42,45-46,49,67H,4-6,9,12-15,18,22-23,27,31-32,35,39,43-44,47-48,50-66H2,1-3H3/b10-7-,11-8-,19-16-,20-17-,24-21-,28-25-,29-26-,34-33-,38-36-,40-37-,41-30-,45-42-,49-46-. The summed E-state index contributed by atoms with van der Waals surface area (Å²) in [6.45, 7) is 6.32. The molecule has 0 aliphatic heterocycles. The maximum absolute atomic E-state index is 12.9. The molecule has 0 saturated carbocycles. The molecule has 0 bridgehead atoms. The van der Waals surface area contributed by atoms with Gasteiger partial charge in [0, 0.05) is 19.3 Å². The minimum absolute atomic E-state index is 0.114. The number of carbonyl (C=O) groups excluding carboxylic acids is 3. The molecule has 0 aromatic carbocycles. The molecule has 1 unspecified atom stereocenters. The van der Waals surface area contributed by atoms with Gasteiger partial charge in [-0.15, -0.1) is 0 Å². The minimum Gasteiger partial charge on any atom is -0.462 e. The van der Waals surface area contributed by atoms with E-state index < -0.39 is 6.10 Å². The molecule has 6 heteroatoms. The van der Waals surface area contributed by atoms with E-state index in [1.165, 1.54) is 32.1 Å². The Kier molecular flexibility index (Phi) is 58.5. The summed E-state index contributed by atoms with van der Waals surface area (Å²) >= 11 is 0. The van der Waals surface area contributed by atoms with E-state index >= 15 is 0 Å². The van der Waals surface area contributed by atoms with Crippen molar-refractivity contribution in [3.05, 3.63) is 158 Å². The molecule has 0 aromatic rings. The predicted molar refractivity (Wildman–Crippen MR) is 329 cm³/mol. The monoisotopic (exact) mass is 1050 g/mol. The molecule has 1 atom stereocenters. The Balaban J connectivity index is 4.55. The summed E-state index contributed by atoms with van der Waals surface area (Å²) in [5.41, 5.74) is 0. The zero-order valence-electron chi connectivity index (χ0n) is 48.7. The number of rotatable bonds is 53. The third-order valence-corrected chi connectivity index (χ3v) is 12.2. The van der Waals surface area contributed by atoms with Crippen molar-refractivity contribution in [2.45, 2.75) is 252 Å². The summed E-state index contributed by atoms with van der Waals surface area (Å²) in [7, 11) is 0. The lowest BCUT2D eigenvalue weighted by Gasteiger charge is -2.18. The van der Waals surface area contributed by atoms with Gasteiger partial charge in [0.1, 0.15) is 13.2 Å². The zero-order valence-corrected chi connectivity index (χ0v) is 48.7. The van der Waals surface area contributed by atoms with Gasteiger partial charge >= 0.3 is 17.9 Å². The van der Waals surface area contributed by atoms with Crippen molar-refractivity contribution in [1.29, 1.82) is 0 Å². The largest absolute Gasteiger partial charge is 0.462 e. The molecule has 76 heavy (non-hydrogen) atoms. The molecule has 426 valence electrons. The number of hydrogen-bond donors (Lipinski definition) is 0. The number of ether oxygens (including phenoxy) is 3. The summed E-state index contributed by atoms with van der Waals surface area (Å²) in [5, 5.41) is 0. The molecule has 0 aromatic heterocycles. The fourth-order valence-corrected chi connectivity index (χ4v) is 7.74. The highest BCUT2D eigenvalue weighted by atomic mass is 16.6. The highest BCUT2D eigenvalue weighted by Gasteiger charge is 2.19. The van der Waals surface area contributed by atoms with E-state index in [4.69, 9.17) is 14.2 Å². The third kappa shape index (κ3) is 59.9. The Morgan fingerprint density at radius 3 is 0.816 bits per heavy atom. The van der Waals surface area contributed by atoms with Crippen LogP contribution in [0.4, 0.5) is 0 Å². The van der Waals surface area contributed by atoms with Crippen LogP contribution in [0.25, 0.3) is 0 Å². The Labute approximate surface area is 467 Å². The van der Waals surface area contributed by atoms with Crippen LogP contribution < -0.4 is 0 Å². The van der Waals surface area contributed by atoms with E-state index in [1.54, 1.807) is 0 Å². The predicted octanol–water partition coefficient (Wildman–Crippen LogP) is 20.9. The summed E-state index contributed by atoms with van der Waals surface area (Å²) in [6.07, 6.45) is 90.9. The summed E-state index contributed by atoms with van der Waals surface area (Å²) in [4.78, 5) is 38.3. The smallest absolute Gasteiger partial charge is 0.306 e. The quantitative estimate of drug-likeness (QED) is 0.0261. The number of unbranched alkanes of at least 4 members (excludes halogenated alkanes) is 16. The highest BCUT2D eigenvalue weighted by Crippen LogP contribution is 2.13. The maximum Gasteiger partial charge on any atom is 0.306 e. The van der Waals surface area contributed by atoms with Crippen LogP contribution in [-0.4, -0.2) is 37.2 Å². The molecule has 0 heterocycles. The van der Waals surface area contributed by atoms with Crippen molar-refractivity contribution in [1.82, 2.24) is 0 Å². The third-order valence-electron chi connectivity index (χ3n) is 12.2.